The maximum atomic E-state index is 12.6. The summed E-state index contributed by atoms with van der Waals surface area (Å²) in [5, 5.41) is 14.1. The van der Waals surface area contributed by atoms with Gasteiger partial charge in [-0.2, -0.15) is 5.06 Å². The first kappa shape index (κ1) is 23.6. The Morgan fingerprint density at radius 2 is 1.35 bits per heavy atom. The van der Waals surface area contributed by atoms with E-state index in [0.29, 0.717) is 22.4 Å². The number of likely N-dealkylation sites (N-methyl/N-ethyl adjacent to an activating group) is 4. The number of carbonyl (C=O) groups excluding carboxylic acids is 2. The van der Waals surface area contributed by atoms with E-state index in [0.717, 1.165) is 61.9 Å². The second-order valence-corrected chi connectivity index (χ2v) is 9.86. The van der Waals surface area contributed by atoms with Gasteiger partial charge in [-0.05, 0) is 38.4 Å². The van der Waals surface area contributed by atoms with E-state index in [4.69, 9.17) is 0 Å². The maximum Gasteiger partial charge on any atom is 0.305 e. The molecule has 0 atom stereocenters. The Hall–Kier alpha value is -2.04. The van der Waals surface area contributed by atoms with Crippen molar-refractivity contribution in [1.29, 1.82) is 0 Å². The number of rotatable bonds is 6. The first-order valence-electron chi connectivity index (χ1n) is 11.0. The van der Waals surface area contributed by atoms with E-state index in [1.54, 1.807) is 24.3 Å². The fourth-order valence-corrected chi connectivity index (χ4v) is 4.18. The number of amides is 2. The number of quaternary nitrogens is 2. The van der Waals surface area contributed by atoms with Gasteiger partial charge in [-0.25, -0.2) is 0 Å². The number of hydrogen-bond acceptors (Lipinski definition) is 5. The van der Waals surface area contributed by atoms with E-state index in [1.807, 2.05) is 0 Å². The molecule has 2 aliphatic rings. The van der Waals surface area contributed by atoms with Crippen LogP contribution in [0.5, 0.6) is 0 Å². The van der Waals surface area contributed by atoms with E-state index in [9.17, 15) is 14.8 Å². The quantitative estimate of drug-likeness (QED) is 0.378. The van der Waals surface area contributed by atoms with Crippen LogP contribution in [0.3, 0.4) is 0 Å². The number of nitrogens with one attached hydrogen (secondary N) is 1. The van der Waals surface area contributed by atoms with Crippen molar-refractivity contribution >= 4 is 23.2 Å². The Morgan fingerprint density at radius 1 is 0.903 bits per heavy atom. The molecule has 2 saturated heterocycles. The molecule has 0 aliphatic carbocycles. The van der Waals surface area contributed by atoms with Gasteiger partial charge in [-0.15, -0.1) is 0 Å². The first-order chi connectivity index (χ1) is 14.6. The standard InChI is InChI=1S/C22H37N6O3/c1-24-9-13-27(3,14-10-24)17-21(29)23-19-5-7-20(8-6-19)26(31)22(30)18-28(4)15-11-25(2)12-16-28/h5-8,31H,9-18H2,1-4H3/q+1/p+1. The average molecular weight is 435 g/mol. The van der Waals surface area contributed by atoms with Crippen molar-refractivity contribution in [3.05, 3.63) is 24.3 Å². The Kier molecular flexibility index (Phi) is 7.33. The topological polar surface area (TPSA) is 76.1 Å². The highest BCUT2D eigenvalue weighted by molar-refractivity contribution is 5.94. The third kappa shape index (κ3) is 6.47. The Labute approximate surface area is 185 Å². The molecule has 0 unspecified atom stereocenters. The van der Waals surface area contributed by atoms with Crippen molar-refractivity contribution in [2.75, 3.05) is 104 Å². The van der Waals surface area contributed by atoms with E-state index in [1.165, 1.54) is 0 Å². The number of benzene rings is 1. The summed E-state index contributed by atoms with van der Waals surface area (Å²) >= 11 is 0. The summed E-state index contributed by atoms with van der Waals surface area (Å²) in [5.74, 6) is -0.347. The van der Waals surface area contributed by atoms with Crippen LogP contribution in [-0.2, 0) is 9.59 Å². The summed E-state index contributed by atoms with van der Waals surface area (Å²) in [6, 6.07) is 6.76. The minimum absolute atomic E-state index is 0.0239. The van der Waals surface area contributed by atoms with Gasteiger partial charge >= 0.3 is 5.91 Å². The van der Waals surface area contributed by atoms with E-state index in [-0.39, 0.29) is 18.4 Å². The van der Waals surface area contributed by atoms with Crippen molar-refractivity contribution in [2.45, 2.75) is 0 Å². The van der Waals surface area contributed by atoms with Crippen molar-refractivity contribution in [3.63, 3.8) is 0 Å². The fourth-order valence-electron chi connectivity index (χ4n) is 4.18. The molecule has 0 radical (unpaired) electrons. The fraction of sp³-hybridized carbons (Fsp3) is 0.636. The third-order valence-corrected chi connectivity index (χ3v) is 6.76. The summed E-state index contributed by atoms with van der Waals surface area (Å²) < 4.78 is 1.36. The van der Waals surface area contributed by atoms with Crippen LogP contribution in [0.15, 0.2) is 24.3 Å². The summed E-state index contributed by atoms with van der Waals surface area (Å²) in [5.41, 5.74) is 1.06. The van der Waals surface area contributed by atoms with Crippen LogP contribution in [0.25, 0.3) is 0 Å². The second kappa shape index (κ2) is 9.62. The molecular weight excluding hydrogens is 396 g/mol. The number of carbonyl (C=O) groups is 2. The van der Waals surface area contributed by atoms with Crippen LogP contribution in [0.4, 0.5) is 11.4 Å². The molecule has 172 valence electrons. The molecule has 9 nitrogen and oxygen atoms in total. The highest BCUT2D eigenvalue weighted by Crippen LogP contribution is 2.19. The highest BCUT2D eigenvalue weighted by Gasteiger charge is 2.32. The summed E-state index contributed by atoms with van der Waals surface area (Å²) in [7, 11) is 8.36. The van der Waals surface area contributed by atoms with E-state index >= 15 is 0 Å². The van der Waals surface area contributed by atoms with Gasteiger partial charge in [0.05, 0.1) is 46.0 Å². The molecule has 2 amide bonds. The summed E-state index contributed by atoms with van der Waals surface area (Å²) in [6.45, 7) is 8.25. The molecular formula is C22H38N6O3+2. The molecule has 0 bridgehead atoms. The van der Waals surface area contributed by atoms with Gasteiger partial charge < -0.3 is 14.3 Å². The molecule has 3 rings (SSSR count). The highest BCUT2D eigenvalue weighted by atomic mass is 16.5. The predicted octanol–water partition coefficient (Wildman–Crippen LogP) is 0.131. The Balaban J connectivity index is 1.52. The lowest BCUT2D eigenvalue weighted by Crippen LogP contribution is -2.59. The molecule has 2 heterocycles. The zero-order valence-corrected chi connectivity index (χ0v) is 19.4. The molecule has 1 aromatic carbocycles. The zero-order valence-electron chi connectivity index (χ0n) is 19.4. The number of anilines is 2. The smallest absolute Gasteiger partial charge is 0.305 e. The van der Waals surface area contributed by atoms with Crippen molar-refractivity contribution in [3.8, 4) is 0 Å². The average Bonchev–Trinajstić information content (AvgIpc) is 2.72. The molecule has 0 saturated carbocycles. The Morgan fingerprint density at radius 3 is 1.84 bits per heavy atom. The SMILES string of the molecule is CN1CC[N+](C)(CC(=O)Nc2ccc(N(O)C(=O)C[N+]3(C)CCN(C)CC3)cc2)CC1. The van der Waals surface area contributed by atoms with Crippen LogP contribution in [0.1, 0.15) is 0 Å². The molecule has 2 N–H and O–H groups in total. The molecule has 2 fully saturated rings. The van der Waals surface area contributed by atoms with Crippen molar-refractivity contribution in [1.82, 2.24) is 9.80 Å². The van der Waals surface area contributed by atoms with Gasteiger partial charge in [-0.1, -0.05) is 0 Å². The molecule has 1 aromatic rings. The largest absolute Gasteiger partial charge is 0.321 e. The van der Waals surface area contributed by atoms with Gasteiger partial charge in [-0.3, -0.25) is 24.6 Å². The number of hydrogen-bond donors (Lipinski definition) is 2. The van der Waals surface area contributed by atoms with Gasteiger partial charge in [0.2, 0.25) is 0 Å². The van der Waals surface area contributed by atoms with Gasteiger partial charge in [0.25, 0.3) is 5.91 Å². The van der Waals surface area contributed by atoms with Crippen molar-refractivity contribution < 1.29 is 23.8 Å². The molecule has 31 heavy (non-hydrogen) atoms. The van der Waals surface area contributed by atoms with Gasteiger partial charge in [0.1, 0.15) is 0 Å². The summed E-state index contributed by atoms with van der Waals surface area (Å²) in [4.78, 5) is 29.7. The molecule has 2 aliphatic heterocycles. The minimum Gasteiger partial charge on any atom is -0.321 e. The van der Waals surface area contributed by atoms with Crippen LogP contribution in [-0.4, -0.2) is 129 Å². The zero-order chi connectivity index (χ0) is 22.6. The normalized spacial score (nSPS) is 21.5. The lowest BCUT2D eigenvalue weighted by Gasteiger charge is -2.40. The van der Waals surface area contributed by atoms with Gasteiger partial charge in [0, 0.05) is 31.9 Å². The molecule has 0 aromatic heterocycles. The second-order valence-electron chi connectivity index (χ2n) is 9.86. The van der Waals surface area contributed by atoms with Crippen LogP contribution in [0, 0.1) is 0 Å². The minimum atomic E-state index is -0.323. The summed E-state index contributed by atoms with van der Waals surface area (Å²) in [6.07, 6.45) is 0. The first-order valence-corrected chi connectivity index (χ1v) is 11.0. The van der Waals surface area contributed by atoms with Crippen LogP contribution >= 0.6 is 0 Å². The lowest BCUT2D eigenvalue weighted by molar-refractivity contribution is -0.906. The van der Waals surface area contributed by atoms with Gasteiger partial charge in [0.15, 0.2) is 13.1 Å². The van der Waals surface area contributed by atoms with E-state index < -0.39 is 0 Å². The molecule has 9 heteroatoms. The predicted molar refractivity (Wildman–Crippen MR) is 121 cm³/mol. The van der Waals surface area contributed by atoms with E-state index in [2.05, 4.69) is 43.3 Å². The van der Waals surface area contributed by atoms with Crippen LogP contribution in [0.2, 0.25) is 0 Å². The number of hydroxylamine groups is 1. The molecule has 0 spiro atoms. The maximum absolute atomic E-state index is 12.6. The Bertz CT molecular complexity index is 768. The number of piperazine rings is 2. The lowest BCUT2D eigenvalue weighted by atomic mass is 10.2. The van der Waals surface area contributed by atoms with Crippen LogP contribution < -0.4 is 10.4 Å². The monoisotopic (exact) mass is 434 g/mol. The van der Waals surface area contributed by atoms with Crippen molar-refractivity contribution in [2.24, 2.45) is 0 Å². The third-order valence-electron chi connectivity index (χ3n) is 6.76. The number of nitrogens with zero attached hydrogens (tertiary/aromatic N) is 5.